The number of ether oxygens (including phenoxy) is 1. The highest BCUT2D eigenvalue weighted by molar-refractivity contribution is 5.88. The second-order valence-electron chi connectivity index (χ2n) is 3.87. The van der Waals surface area contributed by atoms with Gasteiger partial charge < -0.3 is 9.84 Å². The fourth-order valence-corrected chi connectivity index (χ4v) is 0.963. The molecule has 4 nitrogen and oxygen atoms in total. The van der Waals surface area contributed by atoms with Crippen molar-refractivity contribution < 1.29 is 14.6 Å². The maximum atomic E-state index is 10.8. The summed E-state index contributed by atoms with van der Waals surface area (Å²) in [4.78, 5) is 14.5. The topological polar surface area (TPSA) is 59.4 Å². The molecular formula is C10H13NO3. The highest BCUT2D eigenvalue weighted by Crippen LogP contribution is 2.20. The van der Waals surface area contributed by atoms with E-state index in [1.807, 2.05) is 20.8 Å². The molecule has 1 rings (SSSR count). The van der Waals surface area contributed by atoms with Crippen LogP contribution in [-0.4, -0.2) is 21.7 Å². The molecule has 0 aliphatic heterocycles. The zero-order valence-electron chi connectivity index (χ0n) is 8.44. The third kappa shape index (κ3) is 2.73. The molecule has 14 heavy (non-hydrogen) atoms. The van der Waals surface area contributed by atoms with Crippen molar-refractivity contribution in [2.75, 3.05) is 0 Å². The number of nitrogens with zero attached hydrogens (tertiary/aromatic N) is 1. The first-order valence-corrected chi connectivity index (χ1v) is 4.27. The Hall–Kier alpha value is -1.58. The van der Waals surface area contributed by atoms with Crippen LogP contribution in [-0.2, 0) is 0 Å². The van der Waals surface area contributed by atoms with Gasteiger partial charge in [-0.3, -0.25) is 0 Å². The quantitative estimate of drug-likeness (QED) is 0.783. The molecule has 0 fully saturated rings. The highest BCUT2D eigenvalue weighted by atomic mass is 16.5. The van der Waals surface area contributed by atoms with Gasteiger partial charge in [0.2, 0.25) is 0 Å². The molecule has 0 saturated heterocycles. The molecule has 0 radical (unpaired) electrons. The van der Waals surface area contributed by atoms with E-state index in [4.69, 9.17) is 9.84 Å². The van der Waals surface area contributed by atoms with E-state index in [0.717, 1.165) is 0 Å². The first-order chi connectivity index (χ1) is 6.40. The minimum atomic E-state index is -1.08. The number of rotatable bonds is 2. The van der Waals surface area contributed by atoms with E-state index in [1.54, 1.807) is 12.1 Å². The molecule has 0 aromatic carbocycles. The van der Waals surface area contributed by atoms with E-state index < -0.39 is 11.6 Å². The Morgan fingerprint density at radius 3 is 2.64 bits per heavy atom. The summed E-state index contributed by atoms with van der Waals surface area (Å²) >= 11 is 0. The van der Waals surface area contributed by atoms with Crippen LogP contribution in [0.25, 0.3) is 0 Å². The van der Waals surface area contributed by atoms with Crippen LogP contribution in [0.4, 0.5) is 0 Å². The Balaban J connectivity index is 3.02. The van der Waals surface area contributed by atoms with Gasteiger partial charge in [-0.2, -0.15) is 0 Å². The first-order valence-electron chi connectivity index (χ1n) is 4.27. The third-order valence-corrected chi connectivity index (χ3v) is 1.39. The number of aromatic nitrogens is 1. The van der Waals surface area contributed by atoms with Crippen LogP contribution in [0.3, 0.4) is 0 Å². The van der Waals surface area contributed by atoms with Gasteiger partial charge in [-0.25, -0.2) is 9.78 Å². The van der Waals surface area contributed by atoms with E-state index in [1.165, 1.54) is 6.20 Å². The SMILES string of the molecule is CC(C)(C)Oc1cccnc1C(=O)O. The molecule has 0 saturated carbocycles. The van der Waals surface area contributed by atoms with Crippen LogP contribution in [0, 0.1) is 0 Å². The molecule has 1 N–H and O–H groups in total. The summed E-state index contributed by atoms with van der Waals surface area (Å²) < 4.78 is 5.45. The summed E-state index contributed by atoms with van der Waals surface area (Å²) in [6.45, 7) is 5.56. The zero-order chi connectivity index (χ0) is 10.8. The fraction of sp³-hybridized carbons (Fsp3) is 0.400. The van der Waals surface area contributed by atoms with Crippen molar-refractivity contribution in [2.24, 2.45) is 0 Å². The van der Waals surface area contributed by atoms with Gasteiger partial charge in [0.1, 0.15) is 5.60 Å². The van der Waals surface area contributed by atoms with Crippen molar-refractivity contribution in [3.8, 4) is 5.75 Å². The van der Waals surface area contributed by atoms with E-state index in [0.29, 0.717) is 5.75 Å². The van der Waals surface area contributed by atoms with E-state index in [-0.39, 0.29) is 5.69 Å². The molecular weight excluding hydrogens is 182 g/mol. The highest BCUT2D eigenvalue weighted by Gasteiger charge is 2.18. The van der Waals surface area contributed by atoms with Gasteiger partial charge in [0, 0.05) is 6.20 Å². The van der Waals surface area contributed by atoms with Crippen molar-refractivity contribution >= 4 is 5.97 Å². The Bertz CT molecular complexity index is 341. The van der Waals surface area contributed by atoms with Crippen molar-refractivity contribution in [3.05, 3.63) is 24.0 Å². The summed E-state index contributed by atoms with van der Waals surface area (Å²) in [7, 11) is 0. The van der Waals surface area contributed by atoms with Gasteiger partial charge in [-0.15, -0.1) is 0 Å². The number of carboxylic acids is 1. The lowest BCUT2D eigenvalue weighted by atomic mass is 10.2. The molecule has 1 aromatic heterocycles. The normalized spacial score (nSPS) is 11.1. The lowest BCUT2D eigenvalue weighted by molar-refractivity contribution is 0.0673. The minimum Gasteiger partial charge on any atom is -0.486 e. The van der Waals surface area contributed by atoms with Crippen LogP contribution in [0.15, 0.2) is 18.3 Å². The van der Waals surface area contributed by atoms with E-state index in [2.05, 4.69) is 4.98 Å². The summed E-state index contributed by atoms with van der Waals surface area (Å²) in [5, 5.41) is 8.82. The van der Waals surface area contributed by atoms with Gasteiger partial charge >= 0.3 is 5.97 Å². The number of hydrogen-bond acceptors (Lipinski definition) is 3. The Morgan fingerprint density at radius 2 is 2.14 bits per heavy atom. The second-order valence-corrected chi connectivity index (χ2v) is 3.87. The largest absolute Gasteiger partial charge is 0.486 e. The number of pyridine rings is 1. The van der Waals surface area contributed by atoms with E-state index >= 15 is 0 Å². The van der Waals surface area contributed by atoms with E-state index in [9.17, 15) is 4.79 Å². The Morgan fingerprint density at radius 1 is 1.50 bits per heavy atom. The molecule has 0 aliphatic carbocycles. The molecule has 0 atom stereocenters. The van der Waals surface area contributed by atoms with Crippen LogP contribution >= 0.6 is 0 Å². The molecule has 0 unspecified atom stereocenters. The van der Waals surface area contributed by atoms with Gasteiger partial charge in [0.25, 0.3) is 0 Å². The second kappa shape index (κ2) is 3.65. The van der Waals surface area contributed by atoms with Gasteiger partial charge in [-0.05, 0) is 32.9 Å². The van der Waals surface area contributed by atoms with Crippen molar-refractivity contribution in [3.63, 3.8) is 0 Å². The fourth-order valence-electron chi connectivity index (χ4n) is 0.963. The van der Waals surface area contributed by atoms with Crippen molar-refractivity contribution in [2.45, 2.75) is 26.4 Å². The number of hydrogen-bond donors (Lipinski definition) is 1. The maximum absolute atomic E-state index is 10.8. The Labute approximate surface area is 82.5 Å². The van der Waals surface area contributed by atoms with Crippen molar-refractivity contribution in [1.29, 1.82) is 0 Å². The molecule has 0 bridgehead atoms. The molecule has 76 valence electrons. The van der Waals surface area contributed by atoms with Crippen LogP contribution < -0.4 is 4.74 Å². The smallest absolute Gasteiger partial charge is 0.358 e. The first kappa shape index (κ1) is 10.5. The average Bonchev–Trinajstić information content (AvgIpc) is 2.01. The standard InChI is InChI=1S/C10H13NO3/c1-10(2,3)14-7-5-4-6-11-8(7)9(12)13/h4-6H,1-3H3,(H,12,13). The summed E-state index contributed by atoms with van der Waals surface area (Å²) in [6.07, 6.45) is 1.43. The lowest BCUT2D eigenvalue weighted by Crippen LogP contribution is -2.24. The van der Waals surface area contributed by atoms with Gasteiger partial charge in [0.05, 0.1) is 0 Å². The number of carboxylic acid groups (broad SMARTS) is 1. The number of carbonyl (C=O) groups is 1. The molecule has 0 amide bonds. The summed E-state index contributed by atoms with van der Waals surface area (Å²) in [5.74, 6) is -0.780. The van der Waals surface area contributed by atoms with Gasteiger partial charge in [-0.1, -0.05) is 0 Å². The average molecular weight is 195 g/mol. The van der Waals surface area contributed by atoms with Crippen LogP contribution in [0.5, 0.6) is 5.75 Å². The molecule has 0 aliphatic rings. The third-order valence-electron chi connectivity index (χ3n) is 1.39. The minimum absolute atomic E-state index is 0.0533. The maximum Gasteiger partial charge on any atom is 0.358 e. The number of aromatic carboxylic acids is 1. The monoisotopic (exact) mass is 195 g/mol. The zero-order valence-corrected chi connectivity index (χ0v) is 8.44. The lowest BCUT2D eigenvalue weighted by Gasteiger charge is -2.21. The summed E-state index contributed by atoms with van der Waals surface area (Å²) in [6, 6.07) is 3.25. The van der Waals surface area contributed by atoms with Crippen LogP contribution in [0.1, 0.15) is 31.3 Å². The molecule has 1 heterocycles. The predicted molar refractivity (Wildman–Crippen MR) is 51.6 cm³/mol. The Kier molecular flexibility index (Phi) is 2.74. The molecule has 4 heteroatoms. The van der Waals surface area contributed by atoms with Gasteiger partial charge in [0.15, 0.2) is 11.4 Å². The predicted octanol–water partition coefficient (Wildman–Crippen LogP) is 1.96. The molecule has 0 spiro atoms. The van der Waals surface area contributed by atoms with Crippen molar-refractivity contribution in [1.82, 2.24) is 4.98 Å². The summed E-state index contributed by atoms with van der Waals surface area (Å²) in [5.41, 5.74) is -0.477. The van der Waals surface area contributed by atoms with Crippen LogP contribution in [0.2, 0.25) is 0 Å². The molecule has 1 aromatic rings.